The summed E-state index contributed by atoms with van der Waals surface area (Å²) in [6.07, 6.45) is -5.35. The van der Waals surface area contributed by atoms with Crippen LogP contribution >= 0.6 is 10.7 Å². The topological polar surface area (TPSA) is 34.1 Å². The van der Waals surface area contributed by atoms with Crippen LogP contribution in [0.15, 0.2) is 0 Å². The van der Waals surface area contributed by atoms with Crippen molar-refractivity contribution in [3.05, 3.63) is 0 Å². The Labute approximate surface area is 85.9 Å². The first kappa shape index (κ1) is 14.0. The monoisotopic (exact) mass is 252 g/mol. The lowest BCUT2D eigenvalue weighted by Gasteiger charge is -2.25. The van der Waals surface area contributed by atoms with Gasteiger partial charge in [-0.1, -0.05) is 20.8 Å². The van der Waals surface area contributed by atoms with Crippen molar-refractivity contribution >= 4 is 19.7 Å². The normalized spacial score (nSPS) is 16.8. The van der Waals surface area contributed by atoms with E-state index in [2.05, 4.69) is 0 Å². The Morgan fingerprint density at radius 1 is 1.21 bits per heavy atom. The van der Waals surface area contributed by atoms with Gasteiger partial charge in [0.2, 0.25) is 9.05 Å². The first-order valence-electron chi connectivity index (χ1n) is 3.84. The molecule has 2 nitrogen and oxygen atoms in total. The largest absolute Gasteiger partial charge is 0.406 e. The summed E-state index contributed by atoms with van der Waals surface area (Å²) in [6, 6.07) is 0. The van der Waals surface area contributed by atoms with Gasteiger partial charge in [-0.25, -0.2) is 8.42 Å². The van der Waals surface area contributed by atoms with E-state index in [0.717, 1.165) is 0 Å². The van der Waals surface area contributed by atoms with Gasteiger partial charge in [0.25, 0.3) is 0 Å². The molecule has 0 bridgehead atoms. The number of hydrogen-bond donors (Lipinski definition) is 0. The molecule has 0 saturated carbocycles. The SMILES string of the molecule is CC(C)(C)CC(C(F)(F)F)S(=O)(=O)Cl. The van der Waals surface area contributed by atoms with Crippen molar-refractivity contribution in [3.63, 3.8) is 0 Å². The number of rotatable bonds is 2. The van der Waals surface area contributed by atoms with Crippen molar-refractivity contribution in [3.8, 4) is 0 Å². The molecule has 0 N–H and O–H groups in total. The lowest BCUT2D eigenvalue weighted by molar-refractivity contribution is -0.135. The van der Waals surface area contributed by atoms with Crippen LogP contribution in [0.5, 0.6) is 0 Å². The van der Waals surface area contributed by atoms with E-state index in [1.54, 1.807) is 0 Å². The fourth-order valence-electron chi connectivity index (χ4n) is 0.931. The fourth-order valence-corrected chi connectivity index (χ4v) is 2.44. The maximum atomic E-state index is 12.3. The second-order valence-corrected chi connectivity index (χ2v) is 7.08. The Bertz CT molecular complexity index is 289. The second-order valence-electron chi connectivity index (χ2n) is 4.27. The maximum Gasteiger partial charge on any atom is 0.406 e. The molecule has 0 aliphatic heterocycles. The van der Waals surface area contributed by atoms with Crippen molar-refractivity contribution < 1.29 is 21.6 Å². The minimum Gasteiger partial charge on any atom is -0.212 e. The van der Waals surface area contributed by atoms with E-state index in [1.807, 2.05) is 0 Å². The van der Waals surface area contributed by atoms with Crippen LogP contribution in [0.3, 0.4) is 0 Å². The molecule has 0 aliphatic rings. The molecule has 0 spiro atoms. The molecule has 0 aromatic heterocycles. The molecule has 0 radical (unpaired) electrons. The lowest BCUT2D eigenvalue weighted by Crippen LogP contribution is -2.37. The van der Waals surface area contributed by atoms with Gasteiger partial charge in [0.05, 0.1) is 0 Å². The highest BCUT2D eigenvalue weighted by molar-refractivity contribution is 8.14. The van der Waals surface area contributed by atoms with E-state index in [4.69, 9.17) is 10.7 Å². The Balaban J connectivity index is 4.98. The van der Waals surface area contributed by atoms with Crippen molar-refractivity contribution in [2.24, 2.45) is 5.41 Å². The third-order valence-electron chi connectivity index (χ3n) is 1.50. The first-order chi connectivity index (χ1) is 5.84. The summed E-state index contributed by atoms with van der Waals surface area (Å²) in [5, 5.41) is -2.49. The zero-order valence-corrected chi connectivity index (χ0v) is 9.59. The highest BCUT2D eigenvalue weighted by atomic mass is 35.7. The summed E-state index contributed by atoms with van der Waals surface area (Å²) < 4.78 is 58.3. The van der Waals surface area contributed by atoms with Gasteiger partial charge in [-0.2, -0.15) is 13.2 Å². The lowest BCUT2D eigenvalue weighted by atomic mass is 9.90. The van der Waals surface area contributed by atoms with Gasteiger partial charge in [0.15, 0.2) is 5.25 Å². The third kappa shape index (κ3) is 5.05. The van der Waals surface area contributed by atoms with Crippen LogP contribution in [0, 0.1) is 5.41 Å². The van der Waals surface area contributed by atoms with Crippen molar-refractivity contribution in [2.75, 3.05) is 0 Å². The molecule has 14 heavy (non-hydrogen) atoms. The minimum atomic E-state index is -4.81. The summed E-state index contributed by atoms with van der Waals surface area (Å²) in [7, 11) is 0.134. The average molecular weight is 253 g/mol. The quantitative estimate of drug-likeness (QED) is 0.708. The maximum absolute atomic E-state index is 12.3. The van der Waals surface area contributed by atoms with Crippen molar-refractivity contribution in [1.29, 1.82) is 0 Å². The molecule has 1 atom stereocenters. The molecule has 0 rings (SSSR count). The highest BCUT2D eigenvalue weighted by Crippen LogP contribution is 2.36. The highest BCUT2D eigenvalue weighted by Gasteiger charge is 2.49. The van der Waals surface area contributed by atoms with Crippen molar-refractivity contribution in [2.45, 2.75) is 38.6 Å². The molecule has 86 valence electrons. The van der Waals surface area contributed by atoms with Crippen LogP contribution in [0.1, 0.15) is 27.2 Å². The molecule has 0 amide bonds. The van der Waals surface area contributed by atoms with E-state index in [0.29, 0.717) is 0 Å². The predicted octanol–water partition coefficient (Wildman–Crippen LogP) is 2.92. The zero-order chi connectivity index (χ0) is 11.8. The number of hydrogen-bond acceptors (Lipinski definition) is 2. The van der Waals surface area contributed by atoms with E-state index in [9.17, 15) is 21.6 Å². The Hall–Kier alpha value is 0.0300. The molecule has 1 unspecified atom stereocenters. The van der Waals surface area contributed by atoms with Crippen LogP contribution in [-0.2, 0) is 9.05 Å². The molecule has 0 aliphatic carbocycles. The predicted molar refractivity (Wildman–Crippen MR) is 48.7 cm³/mol. The average Bonchev–Trinajstić information content (AvgIpc) is 1.75. The van der Waals surface area contributed by atoms with E-state index >= 15 is 0 Å². The Morgan fingerprint density at radius 2 is 1.57 bits per heavy atom. The van der Waals surface area contributed by atoms with Crippen LogP contribution in [0.4, 0.5) is 13.2 Å². The fraction of sp³-hybridized carbons (Fsp3) is 1.00. The number of alkyl halides is 3. The minimum absolute atomic E-state index is 0.539. The standard InChI is InChI=1S/C7H12ClF3O2S/c1-6(2,3)4-5(7(9,10)11)14(8,12)13/h5H,4H2,1-3H3. The second kappa shape index (κ2) is 3.89. The molecule has 0 aromatic rings. The molecule has 0 aromatic carbocycles. The molecule has 0 heterocycles. The summed E-state index contributed by atoms with van der Waals surface area (Å²) in [5.74, 6) is 0. The Morgan fingerprint density at radius 3 is 1.64 bits per heavy atom. The summed E-state index contributed by atoms with van der Waals surface area (Å²) in [5.41, 5.74) is -0.748. The van der Waals surface area contributed by atoms with E-state index < -0.39 is 32.3 Å². The van der Waals surface area contributed by atoms with Gasteiger partial charge in [-0.15, -0.1) is 0 Å². The van der Waals surface area contributed by atoms with Gasteiger partial charge in [-0.05, 0) is 11.8 Å². The molecule has 0 saturated heterocycles. The van der Waals surface area contributed by atoms with Gasteiger partial charge in [0.1, 0.15) is 0 Å². The summed E-state index contributed by atoms with van der Waals surface area (Å²) >= 11 is 0. The smallest absolute Gasteiger partial charge is 0.212 e. The molecule has 7 heteroatoms. The number of halogens is 4. The van der Waals surface area contributed by atoms with E-state index in [1.165, 1.54) is 20.8 Å². The van der Waals surface area contributed by atoms with Crippen molar-refractivity contribution in [1.82, 2.24) is 0 Å². The van der Waals surface area contributed by atoms with Crippen LogP contribution in [0.25, 0.3) is 0 Å². The summed E-state index contributed by atoms with van der Waals surface area (Å²) in [4.78, 5) is 0. The zero-order valence-electron chi connectivity index (χ0n) is 8.02. The Kier molecular flexibility index (Phi) is 3.89. The van der Waals surface area contributed by atoms with Gasteiger partial charge in [-0.3, -0.25) is 0 Å². The van der Waals surface area contributed by atoms with Crippen LogP contribution in [0.2, 0.25) is 0 Å². The third-order valence-corrected chi connectivity index (χ3v) is 3.26. The van der Waals surface area contributed by atoms with Gasteiger partial charge >= 0.3 is 6.18 Å². The van der Waals surface area contributed by atoms with Gasteiger partial charge < -0.3 is 0 Å². The molecule has 0 fully saturated rings. The first-order valence-corrected chi connectivity index (χ1v) is 6.21. The summed E-state index contributed by atoms with van der Waals surface area (Å²) in [6.45, 7) is 4.56. The molecular weight excluding hydrogens is 241 g/mol. The van der Waals surface area contributed by atoms with Crippen LogP contribution in [-0.4, -0.2) is 19.8 Å². The van der Waals surface area contributed by atoms with E-state index in [-0.39, 0.29) is 0 Å². The molecular formula is C7H12ClF3O2S. The van der Waals surface area contributed by atoms with Crippen LogP contribution < -0.4 is 0 Å². The van der Waals surface area contributed by atoms with Gasteiger partial charge in [0, 0.05) is 10.7 Å².